The van der Waals surface area contributed by atoms with Crippen LogP contribution in [0.2, 0.25) is 0 Å². The zero-order chi connectivity index (χ0) is 9.54. The Hall–Kier alpha value is -0.960. The number of amidine groups is 1. The summed E-state index contributed by atoms with van der Waals surface area (Å²) in [5, 5.41) is 1.19. The number of hydrogen-bond acceptors (Lipinski definition) is 3. The SMILES string of the molecule is CCC1CN=C2Sc3ccccc3N21. The number of benzene rings is 1. The van der Waals surface area contributed by atoms with Gasteiger partial charge in [-0.1, -0.05) is 19.1 Å². The third-order valence-corrected chi connectivity index (χ3v) is 3.88. The zero-order valence-corrected chi connectivity index (χ0v) is 8.92. The van der Waals surface area contributed by atoms with Gasteiger partial charge in [0.1, 0.15) is 0 Å². The first kappa shape index (κ1) is 8.36. The number of para-hydroxylation sites is 1. The van der Waals surface area contributed by atoms with Crippen LogP contribution in [0.3, 0.4) is 0 Å². The molecule has 2 aliphatic rings. The van der Waals surface area contributed by atoms with E-state index in [4.69, 9.17) is 0 Å². The molecule has 1 atom stereocenters. The monoisotopic (exact) mass is 204 g/mol. The van der Waals surface area contributed by atoms with Crippen LogP contribution in [0.1, 0.15) is 13.3 Å². The Morgan fingerprint density at radius 3 is 3.21 bits per heavy atom. The van der Waals surface area contributed by atoms with Crippen molar-refractivity contribution in [2.45, 2.75) is 24.3 Å². The number of rotatable bonds is 1. The highest BCUT2D eigenvalue weighted by Gasteiger charge is 2.34. The van der Waals surface area contributed by atoms with Crippen LogP contribution in [-0.2, 0) is 0 Å². The van der Waals surface area contributed by atoms with Crippen molar-refractivity contribution in [3.8, 4) is 0 Å². The summed E-state index contributed by atoms with van der Waals surface area (Å²) in [5.41, 5.74) is 1.35. The maximum Gasteiger partial charge on any atom is 0.169 e. The summed E-state index contributed by atoms with van der Waals surface area (Å²) in [6.07, 6.45) is 1.17. The molecule has 2 aliphatic heterocycles. The first-order chi connectivity index (χ1) is 6.90. The predicted octanol–water partition coefficient (Wildman–Crippen LogP) is 2.75. The van der Waals surface area contributed by atoms with Gasteiger partial charge in [0.25, 0.3) is 0 Å². The topological polar surface area (TPSA) is 15.6 Å². The molecule has 1 aromatic rings. The van der Waals surface area contributed by atoms with E-state index in [9.17, 15) is 0 Å². The third kappa shape index (κ3) is 1.02. The molecule has 0 aromatic heterocycles. The van der Waals surface area contributed by atoms with Crippen LogP contribution in [0.5, 0.6) is 0 Å². The first-order valence-electron chi connectivity index (χ1n) is 5.00. The number of aliphatic imine (C=N–C) groups is 1. The lowest BCUT2D eigenvalue weighted by Gasteiger charge is -2.21. The van der Waals surface area contributed by atoms with Crippen LogP contribution in [0.4, 0.5) is 5.69 Å². The van der Waals surface area contributed by atoms with Gasteiger partial charge >= 0.3 is 0 Å². The number of thioether (sulfide) groups is 1. The highest BCUT2D eigenvalue weighted by atomic mass is 32.2. The second kappa shape index (κ2) is 3.02. The molecule has 0 bridgehead atoms. The van der Waals surface area contributed by atoms with Crippen LogP contribution >= 0.6 is 11.8 Å². The molecule has 0 spiro atoms. The minimum atomic E-state index is 0.584. The van der Waals surface area contributed by atoms with Gasteiger partial charge < -0.3 is 4.90 Å². The zero-order valence-electron chi connectivity index (χ0n) is 8.10. The van der Waals surface area contributed by atoms with Gasteiger partial charge in [0, 0.05) is 4.90 Å². The van der Waals surface area contributed by atoms with Crippen molar-refractivity contribution in [3.05, 3.63) is 24.3 Å². The van der Waals surface area contributed by atoms with E-state index < -0.39 is 0 Å². The molecule has 2 heterocycles. The number of nitrogens with zero attached hydrogens (tertiary/aromatic N) is 2. The highest BCUT2D eigenvalue weighted by Crippen LogP contribution is 2.43. The van der Waals surface area contributed by atoms with Crippen molar-refractivity contribution in [3.63, 3.8) is 0 Å². The number of fused-ring (bicyclic) bond motifs is 3. The maximum absolute atomic E-state index is 4.57. The van der Waals surface area contributed by atoms with E-state index >= 15 is 0 Å². The molecular weight excluding hydrogens is 192 g/mol. The molecule has 14 heavy (non-hydrogen) atoms. The smallest absolute Gasteiger partial charge is 0.169 e. The summed E-state index contributed by atoms with van der Waals surface area (Å²) in [7, 11) is 0. The standard InChI is InChI=1S/C11H12N2S/c1-2-8-7-12-11-13(8)9-5-3-4-6-10(9)14-11/h3-6,8H,2,7H2,1H3. The molecule has 3 rings (SSSR count). The molecular formula is C11H12N2S. The van der Waals surface area contributed by atoms with Gasteiger partial charge in [0.15, 0.2) is 5.17 Å². The van der Waals surface area contributed by atoms with Crippen LogP contribution in [-0.4, -0.2) is 17.8 Å². The molecule has 1 unspecified atom stereocenters. The van der Waals surface area contributed by atoms with Gasteiger partial charge in [-0.2, -0.15) is 0 Å². The summed E-state index contributed by atoms with van der Waals surface area (Å²) >= 11 is 1.80. The molecule has 0 saturated heterocycles. The van der Waals surface area contributed by atoms with Crippen molar-refractivity contribution >= 4 is 22.6 Å². The number of hydrogen-bond donors (Lipinski definition) is 0. The van der Waals surface area contributed by atoms with Crippen molar-refractivity contribution in [2.24, 2.45) is 4.99 Å². The van der Waals surface area contributed by atoms with E-state index in [1.165, 1.54) is 22.2 Å². The molecule has 0 saturated carbocycles. The first-order valence-corrected chi connectivity index (χ1v) is 5.82. The van der Waals surface area contributed by atoms with E-state index in [1.54, 1.807) is 11.8 Å². The second-order valence-electron chi connectivity index (χ2n) is 3.63. The fourth-order valence-corrected chi connectivity index (χ4v) is 3.13. The van der Waals surface area contributed by atoms with Crippen molar-refractivity contribution in [1.29, 1.82) is 0 Å². The molecule has 72 valence electrons. The van der Waals surface area contributed by atoms with Gasteiger partial charge in [0.2, 0.25) is 0 Å². The molecule has 0 N–H and O–H groups in total. The normalized spacial score (nSPS) is 23.4. The molecule has 3 heteroatoms. The lowest BCUT2D eigenvalue weighted by atomic mass is 10.2. The lowest BCUT2D eigenvalue weighted by molar-refractivity contribution is 0.684. The minimum absolute atomic E-state index is 0.584. The highest BCUT2D eigenvalue weighted by molar-refractivity contribution is 8.14. The Morgan fingerprint density at radius 1 is 1.50 bits per heavy atom. The van der Waals surface area contributed by atoms with Crippen molar-refractivity contribution in [1.82, 2.24) is 0 Å². The molecule has 0 amide bonds. The minimum Gasteiger partial charge on any atom is -0.315 e. The van der Waals surface area contributed by atoms with E-state index in [0.29, 0.717) is 6.04 Å². The Kier molecular flexibility index (Phi) is 1.80. The lowest BCUT2D eigenvalue weighted by Crippen LogP contribution is -2.32. The predicted molar refractivity (Wildman–Crippen MR) is 61.2 cm³/mol. The van der Waals surface area contributed by atoms with Crippen LogP contribution in [0.15, 0.2) is 34.2 Å². The Labute approximate surface area is 88.0 Å². The quantitative estimate of drug-likeness (QED) is 0.699. The van der Waals surface area contributed by atoms with Crippen LogP contribution < -0.4 is 4.90 Å². The van der Waals surface area contributed by atoms with Gasteiger partial charge in [0.05, 0.1) is 18.3 Å². The van der Waals surface area contributed by atoms with Crippen molar-refractivity contribution in [2.75, 3.05) is 11.4 Å². The average molecular weight is 204 g/mol. The summed E-state index contributed by atoms with van der Waals surface area (Å²) in [6.45, 7) is 3.20. The summed E-state index contributed by atoms with van der Waals surface area (Å²) < 4.78 is 0. The molecule has 0 radical (unpaired) electrons. The van der Waals surface area contributed by atoms with Crippen molar-refractivity contribution < 1.29 is 0 Å². The number of anilines is 1. The maximum atomic E-state index is 4.57. The molecule has 1 aromatic carbocycles. The summed E-state index contributed by atoms with van der Waals surface area (Å²) in [6, 6.07) is 9.15. The van der Waals surface area contributed by atoms with E-state index in [2.05, 4.69) is 41.1 Å². The van der Waals surface area contributed by atoms with Gasteiger partial charge in [-0.3, -0.25) is 4.99 Å². The van der Waals surface area contributed by atoms with E-state index in [-0.39, 0.29) is 0 Å². The Bertz CT molecular complexity index is 400. The third-order valence-electron chi connectivity index (χ3n) is 2.81. The Morgan fingerprint density at radius 2 is 2.36 bits per heavy atom. The Balaban J connectivity index is 2.07. The van der Waals surface area contributed by atoms with Crippen LogP contribution in [0, 0.1) is 0 Å². The van der Waals surface area contributed by atoms with Crippen LogP contribution in [0.25, 0.3) is 0 Å². The van der Waals surface area contributed by atoms with Gasteiger partial charge in [-0.05, 0) is 30.3 Å². The van der Waals surface area contributed by atoms with Gasteiger partial charge in [-0.15, -0.1) is 0 Å². The molecule has 0 aliphatic carbocycles. The second-order valence-corrected chi connectivity index (χ2v) is 4.63. The summed E-state index contributed by atoms with van der Waals surface area (Å²) in [5.74, 6) is 0. The largest absolute Gasteiger partial charge is 0.315 e. The fourth-order valence-electron chi connectivity index (χ4n) is 2.03. The fraction of sp³-hybridized carbons (Fsp3) is 0.364. The summed E-state index contributed by atoms with van der Waals surface area (Å²) in [4.78, 5) is 8.31. The molecule has 2 nitrogen and oxygen atoms in total. The average Bonchev–Trinajstić information content (AvgIpc) is 2.75. The van der Waals surface area contributed by atoms with E-state index in [1.807, 2.05) is 0 Å². The molecule has 0 fully saturated rings. The van der Waals surface area contributed by atoms with E-state index in [0.717, 1.165) is 6.54 Å². The van der Waals surface area contributed by atoms with Gasteiger partial charge in [-0.25, -0.2) is 0 Å².